The van der Waals surface area contributed by atoms with E-state index in [1.807, 2.05) is 0 Å². The van der Waals surface area contributed by atoms with Gasteiger partial charge in [-0.05, 0) is 18.1 Å². The first-order valence-electron chi connectivity index (χ1n) is 4.29. The van der Waals surface area contributed by atoms with E-state index in [1.54, 1.807) is 0 Å². The van der Waals surface area contributed by atoms with Crippen molar-refractivity contribution in [2.24, 2.45) is 0 Å². The summed E-state index contributed by atoms with van der Waals surface area (Å²) in [6.07, 6.45) is -2.81. The molecule has 0 atom stereocenters. The van der Waals surface area contributed by atoms with E-state index >= 15 is 0 Å². The molecule has 1 aromatic carbocycles. The molecule has 0 saturated carbocycles. The summed E-state index contributed by atoms with van der Waals surface area (Å²) in [5, 5.41) is 8.65. The molecular weight excluding hydrogens is 226 g/mol. The topological polar surface area (TPSA) is 37.3 Å². The molecule has 5 heteroatoms. The molecule has 0 saturated heterocycles. The smallest absolute Gasteiger partial charge is 0.303 e. The monoisotopic (exact) mass is 234 g/mol. The van der Waals surface area contributed by atoms with Crippen LogP contribution in [0, 0.1) is 0 Å². The van der Waals surface area contributed by atoms with E-state index in [1.165, 1.54) is 18.2 Å². The first-order valence-corrected chi connectivity index (χ1v) is 4.67. The molecule has 0 amide bonds. The van der Waals surface area contributed by atoms with Crippen LogP contribution in [0.1, 0.15) is 24.0 Å². The zero-order valence-electron chi connectivity index (χ0n) is 7.71. The van der Waals surface area contributed by atoms with Crippen molar-refractivity contribution in [3.63, 3.8) is 0 Å². The summed E-state index contributed by atoms with van der Waals surface area (Å²) in [6, 6.07) is 4.16. The third-order valence-corrected chi connectivity index (χ3v) is 2.33. The third kappa shape index (κ3) is 3.16. The molecule has 0 aromatic heterocycles. The number of carbonyl (C=O) groups is 1. The molecule has 0 radical (unpaired) electrons. The Hall–Kier alpha value is -1.16. The highest BCUT2D eigenvalue weighted by Gasteiger charge is 2.15. The molecule has 0 heterocycles. The van der Waals surface area contributed by atoms with E-state index in [0.717, 1.165) is 0 Å². The van der Waals surface area contributed by atoms with Gasteiger partial charge >= 0.3 is 5.97 Å². The van der Waals surface area contributed by atoms with Crippen LogP contribution in [0.5, 0.6) is 0 Å². The molecule has 1 rings (SSSR count). The van der Waals surface area contributed by atoms with Gasteiger partial charge in [-0.3, -0.25) is 4.79 Å². The summed E-state index contributed by atoms with van der Waals surface area (Å²) in [5.41, 5.74) is 0.0281. The molecule has 15 heavy (non-hydrogen) atoms. The zero-order chi connectivity index (χ0) is 11.4. The average Bonchev–Trinajstić information content (AvgIpc) is 2.15. The van der Waals surface area contributed by atoms with E-state index < -0.39 is 12.4 Å². The van der Waals surface area contributed by atoms with Crippen molar-refractivity contribution in [3.05, 3.63) is 34.3 Å². The van der Waals surface area contributed by atoms with Crippen molar-refractivity contribution >= 4 is 17.6 Å². The number of hydrogen-bond acceptors (Lipinski definition) is 1. The van der Waals surface area contributed by atoms with Gasteiger partial charge in [0.25, 0.3) is 6.43 Å². The van der Waals surface area contributed by atoms with Crippen LogP contribution in [0.2, 0.25) is 5.02 Å². The predicted molar refractivity (Wildman–Crippen MR) is 52.4 cm³/mol. The van der Waals surface area contributed by atoms with Crippen molar-refractivity contribution in [1.29, 1.82) is 0 Å². The van der Waals surface area contributed by atoms with Gasteiger partial charge in [-0.15, -0.1) is 0 Å². The van der Waals surface area contributed by atoms with Gasteiger partial charge in [0.15, 0.2) is 0 Å². The average molecular weight is 235 g/mol. The normalized spacial score (nSPS) is 10.7. The van der Waals surface area contributed by atoms with Gasteiger partial charge in [-0.2, -0.15) is 0 Å². The Labute approximate surface area is 90.5 Å². The van der Waals surface area contributed by atoms with Crippen molar-refractivity contribution in [1.82, 2.24) is 0 Å². The van der Waals surface area contributed by atoms with E-state index in [0.29, 0.717) is 0 Å². The fraction of sp³-hybridized carbons (Fsp3) is 0.300. The Balaban J connectivity index is 2.97. The minimum Gasteiger partial charge on any atom is -0.481 e. The van der Waals surface area contributed by atoms with Gasteiger partial charge in [0.1, 0.15) is 0 Å². The molecule has 0 bridgehead atoms. The summed E-state index contributed by atoms with van der Waals surface area (Å²) >= 11 is 5.73. The van der Waals surface area contributed by atoms with Gasteiger partial charge in [0, 0.05) is 17.0 Å². The minimum absolute atomic E-state index is 0.0225. The van der Waals surface area contributed by atoms with Crippen LogP contribution in [0.15, 0.2) is 18.2 Å². The van der Waals surface area contributed by atoms with Gasteiger partial charge in [-0.25, -0.2) is 8.78 Å². The fourth-order valence-electron chi connectivity index (χ4n) is 1.28. The maximum absolute atomic E-state index is 12.5. The molecular formula is C10H9ClF2O2. The molecule has 0 unspecified atom stereocenters. The Morgan fingerprint density at radius 1 is 1.47 bits per heavy atom. The predicted octanol–water partition coefficient (Wildman–Crippen LogP) is 3.29. The van der Waals surface area contributed by atoms with Crippen molar-refractivity contribution < 1.29 is 18.7 Å². The van der Waals surface area contributed by atoms with E-state index in [4.69, 9.17) is 16.7 Å². The lowest BCUT2D eigenvalue weighted by Gasteiger charge is -2.09. The number of carboxylic acid groups (broad SMARTS) is 1. The molecule has 2 nitrogen and oxygen atoms in total. The standard InChI is InChI=1S/C10H9ClF2O2/c11-8-3-1-2-7(10(12)13)6(8)4-5-9(14)15/h1-3,10H,4-5H2,(H,14,15). The molecule has 1 aromatic rings. The van der Waals surface area contributed by atoms with Crippen LogP contribution in [-0.2, 0) is 11.2 Å². The highest BCUT2D eigenvalue weighted by molar-refractivity contribution is 6.31. The lowest BCUT2D eigenvalue weighted by molar-refractivity contribution is -0.136. The Morgan fingerprint density at radius 3 is 2.67 bits per heavy atom. The largest absolute Gasteiger partial charge is 0.481 e. The quantitative estimate of drug-likeness (QED) is 0.868. The van der Waals surface area contributed by atoms with Gasteiger partial charge < -0.3 is 5.11 Å². The number of hydrogen-bond donors (Lipinski definition) is 1. The van der Waals surface area contributed by atoms with Crippen LogP contribution in [0.25, 0.3) is 0 Å². The third-order valence-electron chi connectivity index (χ3n) is 1.98. The summed E-state index contributed by atoms with van der Waals surface area (Å²) in [6.45, 7) is 0. The van der Waals surface area contributed by atoms with Crippen LogP contribution in [0.3, 0.4) is 0 Å². The maximum Gasteiger partial charge on any atom is 0.303 e. The van der Waals surface area contributed by atoms with Crippen LogP contribution < -0.4 is 0 Å². The number of alkyl halides is 2. The van der Waals surface area contributed by atoms with Gasteiger partial charge in [0.2, 0.25) is 0 Å². The zero-order valence-corrected chi connectivity index (χ0v) is 8.47. The minimum atomic E-state index is -2.63. The number of carboxylic acids is 1. The highest BCUT2D eigenvalue weighted by atomic mass is 35.5. The lowest BCUT2D eigenvalue weighted by atomic mass is 10.0. The Morgan fingerprint density at radius 2 is 2.13 bits per heavy atom. The summed E-state index contributed by atoms with van der Waals surface area (Å²) in [7, 11) is 0. The van der Waals surface area contributed by atoms with Crippen LogP contribution >= 0.6 is 11.6 Å². The van der Waals surface area contributed by atoms with Gasteiger partial charge in [-0.1, -0.05) is 23.7 Å². The number of benzene rings is 1. The van der Waals surface area contributed by atoms with Gasteiger partial charge in [0.05, 0.1) is 0 Å². The van der Waals surface area contributed by atoms with Crippen molar-refractivity contribution in [2.75, 3.05) is 0 Å². The number of aliphatic carboxylic acids is 1. The number of halogens is 3. The molecule has 0 aliphatic heterocycles. The second-order valence-electron chi connectivity index (χ2n) is 3.00. The molecule has 82 valence electrons. The Kier molecular flexibility index (Phi) is 4.03. The summed E-state index contributed by atoms with van der Waals surface area (Å²) < 4.78 is 25.1. The second kappa shape index (κ2) is 5.07. The molecule has 1 N–H and O–H groups in total. The summed E-state index contributed by atoms with van der Waals surface area (Å²) in [4.78, 5) is 10.3. The second-order valence-corrected chi connectivity index (χ2v) is 3.41. The van der Waals surface area contributed by atoms with Crippen LogP contribution in [0.4, 0.5) is 8.78 Å². The van der Waals surface area contributed by atoms with Crippen LogP contribution in [-0.4, -0.2) is 11.1 Å². The first kappa shape index (κ1) is 11.9. The fourth-order valence-corrected chi connectivity index (χ4v) is 1.55. The molecule has 0 aliphatic carbocycles. The van der Waals surface area contributed by atoms with E-state index in [-0.39, 0.29) is 29.0 Å². The lowest BCUT2D eigenvalue weighted by Crippen LogP contribution is -2.01. The molecule has 0 spiro atoms. The van der Waals surface area contributed by atoms with Crippen molar-refractivity contribution in [3.8, 4) is 0 Å². The SMILES string of the molecule is O=C(O)CCc1c(Cl)cccc1C(F)F. The molecule has 0 fully saturated rings. The first-order chi connectivity index (χ1) is 7.02. The number of rotatable bonds is 4. The van der Waals surface area contributed by atoms with E-state index in [9.17, 15) is 13.6 Å². The maximum atomic E-state index is 12.5. The Bertz CT molecular complexity index is 366. The highest BCUT2D eigenvalue weighted by Crippen LogP contribution is 2.29. The summed E-state index contributed by atoms with van der Waals surface area (Å²) in [5.74, 6) is -1.03. The van der Waals surface area contributed by atoms with Crippen molar-refractivity contribution in [2.45, 2.75) is 19.3 Å². The molecule has 0 aliphatic rings. The van der Waals surface area contributed by atoms with E-state index in [2.05, 4.69) is 0 Å².